The molecule has 0 saturated carbocycles. The Hall–Kier alpha value is -2.28. The number of nitrogens with zero attached hydrogens (tertiary/aromatic N) is 2. The van der Waals surface area contributed by atoms with E-state index in [2.05, 4.69) is 15.9 Å². The number of hydrogen-bond acceptors (Lipinski definition) is 3. The summed E-state index contributed by atoms with van der Waals surface area (Å²) in [6.07, 6.45) is -0.497. The Labute approximate surface area is 224 Å². The van der Waals surface area contributed by atoms with Crippen molar-refractivity contribution >= 4 is 45.2 Å². The summed E-state index contributed by atoms with van der Waals surface area (Å²) in [5.41, 5.74) is 2.58. The summed E-state index contributed by atoms with van der Waals surface area (Å²) in [7, 11) is 0. The molecule has 35 heavy (non-hydrogen) atoms. The zero-order chi connectivity index (χ0) is 25.7. The van der Waals surface area contributed by atoms with Gasteiger partial charge in [-0.25, -0.2) is 9.78 Å². The number of ether oxygens (including phenoxy) is 1. The Bertz CT molecular complexity index is 1290. The van der Waals surface area contributed by atoms with Crippen molar-refractivity contribution in [2.45, 2.75) is 58.2 Å². The van der Waals surface area contributed by atoms with E-state index in [0.29, 0.717) is 28.0 Å². The first-order valence-corrected chi connectivity index (χ1v) is 12.8. The lowest BCUT2D eigenvalue weighted by Gasteiger charge is -2.46. The summed E-state index contributed by atoms with van der Waals surface area (Å²) >= 11 is 16.3. The molecular formula is C27H27BrCl2N2O3. The third-order valence-electron chi connectivity index (χ3n) is 6.01. The van der Waals surface area contributed by atoms with Crippen molar-refractivity contribution in [1.82, 2.24) is 9.88 Å². The lowest BCUT2D eigenvalue weighted by Crippen LogP contribution is -2.51. The highest BCUT2D eigenvalue weighted by Gasteiger charge is 2.44. The minimum absolute atomic E-state index is 0.411. The molecule has 0 spiro atoms. The molecule has 4 rings (SSSR count). The molecule has 2 heterocycles. The maximum absolute atomic E-state index is 12.5. The van der Waals surface area contributed by atoms with Gasteiger partial charge >= 0.3 is 6.09 Å². The van der Waals surface area contributed by atoms with E-state index in [9.17, 15) is 9.90 Å². The minimum atomic E-state index is -0.987. The molecule has 5 nitrogen and oxygen atoms in total. The molecular weight excluding hydrogens is 551 g/mol. The Morgan fingerprint density at radius 1 is 1.11 bits per heavy atom. The molecule has 2 aromatic carbocycles. The maximum Gasteiger partial charge on any atom is 0.408 e. The van der Waals surface area contributed by atoms with Gasteiger partial charge in [-0.15, -0.1) is 0 Å². The summed E-state index contributed by atoms with van der Waals surface area (Å²) in [4.78, 5) is 18.9. The van der Waals surface area contributed by atoms with Gasteiger partial charge in [0, 0.05) is 38.1 Å². The smallest absolute Gasteiger partial charge is 0.408 e. The molecule has 0 saturated heterocycles. The molecule has 1 unspecified atom stereocenters. The predicted molar refractivity (Wildman–Crippen MR) is 145 cm³/mol. The molecule has 1 N–H and O–H groups in total. The van der Waals surface area contributed by atoms with Gasteiger partial charge in [-0.05, 0) is 70.5 Å². The molecule has 184 valence electrons. The number of halogens is 3. The van der Waals surface area contributed by atoms with E-state index in [1.165, 1.54) is 4.90 Å². The first-order chi connectivity index (χ1) is 16.3. The van der Waals surface area contributed by atoms with Crippen molar-refractivity contribution in [2.24, 2.45) is 0 Å². The molecule has 0 bridgehead atoms. The van der Waals surface area contributed by atoms with Crippen LogP contribution in [0.4, 0.5) is 4.79 Å². The summed E-state index contributed by atoms with van der Waals surface area (Å²) in [6.45, 7) is 9.59. The van der Waals surface area contributed by atoms with Crippen LogP contribution in [0.1, 0.15) is 52.6 Å². The molecule has 1 atom stereocenters. The van der Waals surface area contributed by atoms with Crippen molar-refractivity contribution in [3.63, 3.8) is 0 Å². The van der Waals surface area contributed by atoms with E-state index in [0.717, 1.165) is 26.7 Å². The van der Waals surface area contributed by atoms with E-state index in [1.807, 2.05) is 83.1 Å². The Morgan fingerprint density at radius 3 is 2.34 bits per heavy atom. The van der Waals surface area contributed by atoms with E-state index in [-0.39, 0.29) is 0 Å². The fourth-order valence-electron chi connectivity index (χ4n) is 4.57. The molecule has 1 amide bonds. The van der Waals surface area contributed by atoms with Crippen LogP contribution in [0.2, 0.25) is 10.0 Å². The highest BCUT2D eigenvalue weighted by atomic mass is 79.9. The Balaban J connectivity index is 2.02. The lowest BCUT2D eigenvalue weighted by atomic mass is 9.86. The van der Waals surface area contributed by atoms with Gasteiger partial charge in [-0.2, -0.15) is 0 Å². The zero-order valence-corrected chi connectivity index (χ0v) is 23.3. The van der Waals surface area contributed by atoms with Gasteiger partial charge in [-0.3, -0.25) is 4.90 Å². The van der Waals surface area contributed by atoms with Gasteiger partial charge in [0.15, 0.2) is 0 Å². The van der Waals surface area contributed by atoms with Crippen LogP contribution in [0.25, 0.3) is 22.4 Å². The normalized spacial score (nSPS) is 16.9. The number of pyridine rings is 1. The van der Waals surface area contributed by atoms with E-state index in [1.54, 1.807) is 0 Å². The van der Waals surface area contributed by atoms with Crippen LogP contribution in [-0.4, -0.2) is 32.2 Å². The van der Waals surface area contributed by atoms with E-state index in [4.69, 9.17) is 32.9 Å². The van der Waals surface area contributed by atoms with E-state index >= 15 is 0 Å². The molecule has 3 aromatic rings. The number of carbonyl (C=O) groups is 1. The van der Waals surface area contributed by atoms with Crippen molar-refractivity contribution < 1.29 is 14.6 Å². The number of benzene rings is 2. The number of hydrogen-bond donors (Lipinski definition) is 1. The van der Waals surface area contributed by atoms with Gasteiger partial charge in [-0.1, -0.05) is 57.3 Å². The second-order valence-electron chi connectivity index (χ2n) is 10.3. The largest absolute Gasteiger partial charge is 0.471 e. The number of fused-ring (bicyclic) bond motifs is 1. The van der Waals surface area contributed by atoms with Crippen LogP contribution < -0.4 is 4.74 Å². The van der Waals surface area contributed by atoms with Crippen molar-refractivity contribution in [2.75, 3.05) is 0 Å². The van der Waals surface area contributed by atoms with Gasteiger partial charge in [0.2, 0.25) is 5.88 Å². The average molecular weight is 578 g/mol. The third-order valence-corrected chi connectivity index (χ3v) is 7.07. The first-order valence-electron chi connectivity index (χ1n) is 11.2. The van der Waals surface area contributed by atoms with Crippen molar-refractivity contribution in [3.8, 4) is 28.3 Å². The van der Waals surface area contributed by atoms with Gasteiger partial charge in [0.25, 0.3) is 0 Å². The van der Waals surface area contributed by atoms with Crippen LogP contribution in [0.15, 0.2) is 53.0 Å². The maximum atomic E-state index is 12.5. The number of carboxylic acid groups (broad SMARTS) is 1. The first kappa shape index (κ1) is 25.8. The third kappa shape index (κ3) is 5.30. The van der Waals surface area contributed by atoms with Crippen LogP contribution in [0.3, 0.4) is 0 Å². The average Bonchev–Trinajstić information content (AvgIpc) is 2.72. The van der Waals surface area contributed by atoms with Crippen LogP contribution >= 0.6 is 39.1 Å². The van der Waals surface area contributed by atoms with E-state index < -0.39 is 23.3 Å². The predicted octanol–water partition coefficient (Wildman–Crippen LogP) is 8.87. The van der Waals surface area contributed by atoms with Crippen molar-refractivity contribution in [1.29, 1.82) is 0 Å². The SMILES string of the molecule is CC1(C)CC(N(C(=O)O)C(C)(C)C)c2cc(-c3ccc(Cl)cc3)c(-c3ccc(Br)cc3Cl)nc2O1. The monoisotopic (exact) mass is 576 g/mol. The molecule has 0 aliphatic carbocycles. The number of rotatable bonds is 3. The Morgan fingerprint density at radius 2 is 1.77 bits per heavy atom. The fraction of sp³-hybridized carbons (Fsp3) is 0.333. The van der Waals surface area contributed by atoms with Crippen LogP contribution in [0.5, 0.6) is 5.88 Å². The highest BCUT2D eigenvalue weighted by molar-refractivity contribution is 9.10. The molecule has 1 aromatic heterocycles. The molecule has 8 heteroatoms. The van der Waals surface area contributed by atoms with Crippen LogP contribution in [0, 0.1) is 0 Å². The summed E-state index contributed by atoms with van der Waals surface area (Å²) in [5.74, 6) is 0.411. The van der Waals surface area contributed by atoms with Crippen LogP contribution in [-0.2, 0) is 0 Å². The minimum Gasteiger partial charge on any atom is -0.471 e. The second-order valence-corrected chi connectivity index (χ2v) is 12.1. The van der Waals surface area contributed by atoms with Gasteiger partial charge < -0.3 is 9.84 Å². The second kappa shape index (κ2) is 9.30. The van der Waals surface area contributed by atoms with Gasteiger partial charge in [0.05, 0.1) is 16.8 Å². The standard InChI is InChI=1S/C27H27BrCl2N2O3/c1-26(2,3)32(25(33)34)22-14-27(4,5)35-24-20(22)13-19(15-6-9-17(29)10-7-15)23(31-24)18-11-8-16(28)12-21(18)30/h6-13,22H,14H2,1-5H3,(H,33,34). The molecule has 0 fully saturated rings. The molecule has 1 aliphatic heterocycles. The zero-order valence-electron chi connectivity index (χ0n) is 20.2. The molecule has 0 radical (unpaired) electrons. The molecule has 1 aliphatic rings. The summed E-state index contributed by atoms with van der Waals surface area (Å²) in [6, 6.07) is 14.7. The quantitative estimate of drug-likeness (QED) is 0.337. The summed E-state index contributed by atoms with van der Waals surface area (Å²) in [5, 5.41) is 11.4. The Kier molecular flexibility index (Phi) is 6.86. The highest BCUT2D eigenvalue weighted by Crippen LogP contribution is 2.48. The number of amides is 1. The summed E-state index contributed by atoms with van der Waals surface area (Å²) < 4.78 is 7.18. The topological polar surface area (TPSA) is 62.7 Å². The number of aromatic nitrogens is 1. The fourth-order valence-corrected chi connectivity index (χ4v) is 5.45. The van der Waals surface area contributed by atoms with Gasteiger partial charge in [0.1, 0.15) is 5.60 Å². The lowest BCUT2D eigenvalue weighted by molar-refractivity contribution is 0.00156. The van der Waals surface area contributed by atoms with Crippen molar-refractivity contribution in [3.05, 3.63) is 68.6 Å².